The average Bonchev–Trinajstić information content (AvgIpc) is 3.32. The highest BCUT2D eigenvalue weighted by molar-refractivity contribution is 5.94. The Morgan fingerprint density at radius 1 is 1.29 bits per heavy atom. The predicted molar refractivity (Wildman–Crippen MR) is 116 cm³/mol. The van der Waals surface area contributed by atoms with Crippen molar-refractivity contribution < 1.29 is 37.3 Å². The van der Waals surface area contributed by atoms with Crippen LogP contribution < -0.4 is 4.89 Å². The largest absolute Gasteiger partial charge is 0.466 e. The highest BCUT2D eigenvalue weighted by Gasteiger charge is 2.35. The summed E-state index contributed by atoms with van der Waals surface area (Å²) in [5, 5.41) is 0. The van der Waals surface area contributed by atoms with Crippen molar-refractivity contribution in [2.45, 2.75) is 25.9 Å². The molecule has 9 heteroatoms. The molecule has 34 heavy (non-hydrogen) atoms. The molecule has 2 heterocycles. The van der Waals surface area contributed by atoms with Gasteiger partial charge in [0.15, 0.2) is 5.75 Å². The number of carbonyl (C=O) groups is 2. The number of ether oxygens (including phenoxy) is 1. The van der Waals surface area contributed by atoms with Crippen molar-refractivity contribution in [2.24, 2.45) is 5.92 Å². The van der Waals surface area contributed by atoms with Crippen LogP contribution in [0.15, 0.2) is 36.4 Å². The van der Waals surface area contributed by atoms with Crippen LogP contribution in [0.4, 0.5) is 13.2 Å². The number of rotatable bonds is 5. The Morgan fingerprint density at radius 2 is 2.12 bits per heavy atom. The van der Waals surface area contributed by atoms with E-state index in [-0.39, 0.29) is 36.2 Å². The van der Waals surface area contributed by atoms with Crippen LogP contribution in [-0.2, 0) is 31.8 Å². The molecule has 0 bridgehead atoms. The summed E-state index contributed by atoms with van der Waals surface area (Å²) in [5.74, 6) is -0.659. The first-order valence-electron chi connectivity index (χ1n) is 11.0. The van der Waals surface area contributed by atoms with E-state index in [0.717, 1.165) is 5.56 Å². The zero-order chi connectivity index (χ0) is 24.3. The summed E-state index contributed by atoms with van der Waals surface area (Å²) in [6, 6.07) is 9.71. The van der Waals surface area contributed by atoms with Crippen molar-refractivity contribution in [3.63, 3.8) is 0 Å². The lowest BCUT2D eigenvalue weighted by Crippen LogP contribution is -2.28. The third-order valence-electron chi connectivity index (χ3n) is 5.79. The Kier molecular flexibility index (Phi) is 6.92. The standard InChI is InChI=1S/C25H23F3NO5/c1-2-32-24(31)19-10-12-29(15-19)22(30)9-7-16-4-3-5-20(25(26,27)28)23(16)18-6-8-21-17(14-18)11-13-33-34-21/h3-4,6-9,14,19H,2,10-13,15H2,1H3/b9-7+. The van der Waals surface area contributed by atoms with Gasteiger partial charge in [-0.15, -0.1) is 0 Å². The summed E-state index contributed by atoms with van der Waals surface area (Å²) in [6.45, 7) is 2.88. The van der Waals surface area contributed by atoms with E-state index < -0.39 is 17.7 Å². The van der Waals surface area contributed by atoms with Gasteiger partial charge < -0.3 is 14.5 Å². The van der Waals surface area contributed by atoms with Crippen molar-refractivity contribution in [1.82, 2.24) is 4.90 Å². The smallest absolute Gasteiger partial charge is 0.417 e. The van der Waals surface area contributed by atoms with Gasteiger partial charge in [-0.3, -0.25) is 9.59 Å². The van der Waals surface area contributed by atoms with Gasteiger partial charge in [0.05, 0.1) is 24.7 Å². The van der Waals surface area contributed by atoms with Crippen molar-refractivity contribution in [2.75, 3.05) is 26.3 Å². The number of fused-ring (bicyclic) bond motifs is 1. The van der Waals surface area contributed by atoms with Crippen LogP contribution in [-0.4, -0.2) is 43.1 Å². The van der Waals surface area contributed by atoms with Crippen LogP contribution in [0.25, 0.3) is 17.2 Å². The molecule has 1 radical (unpaired) electrons. The maximum Gasteiger partial charge on any atom is 0.417 e. The molecule has 1 unspecified atom stereocenters. The number of hydrogen-bond donors (Lipinski definition) is 0. The zero-order valence-corrected chi connectivity index (χ0v) is 18.5. The second kappa shape index (κ2) is 9.89. The van der Waals surface area contributed by atoms with Gasteiger partial charge in [-0.05, 0) is 48.7 Å². The van der Waals surface area contributed by atoms with E-state index in [2.05, 4.69) is 6.07 Å². The van der Waals surface area contributed by atoms with Crippen LogP contribution in [0.3, 0.4) is 0 Å². The first kappa shape index (κ1) is 23.8. The molecule has 0 aliphatic carbocycles. The molecule has 1 amide bonds. The summed E-state index contributed by atoms with van der Waals surface area (Å²) in [5.41, 5.74) is 0.309. The van der Waals surface area contributed by atoms with E-state index in [1.807, 2.05) is 0 Å². The van der Waals surface area contributed by atoms with Crippen LogP contribution in [0, 0.1) is 12.0 Å². The molecule has 2 aromatic rings. The van der Waals surface area contributed by atoms with Crippen molar-refractivity contribution >= 4 is 18.0 Å². The minimum Gasteiger partial charge on any atom is -0.466 e. The normalized spacial score (nSPS) is 18.0. The van der Waals surface area contributed by atoms with Crippen molar-refractivity contribution in [3.8, 4) is 16.9 Å². The van der Waals surface area contributed by atoms with E-state index in [0.29, 0.717) is 37.3 Å². The predicted octanol–water partition coefficient (Wildman–Crippen LogP) is 4.46. The summed E-state index contributed by atoms with van der Waals surface area (Å²) in [6.07, 6.45) is -1.04. The molecule has 2 aliphatic rings. The number of hydrogen-bond acceptors (Lipinski definition) is 5. The Balaban J connectivity index is 1.63. The number of halogens is 3. The van der Waals surface area contributed by atoms with E-state index in [9.17, 15) is 22.8 Å². The lowest BCUT2D eigenvalue weighted by molar-refractivity contribution is -0.215. The lowest BCUT2D eigenvalue weighted by atomic mass is 9.92. The number of likely N-dealkylation sites (tertiary alicyclic amines) is 1. The molecule has 6 nitrogen and oxygen atoms in total. The summed E-state index contributed by atoms with van der Waals surface area (Å²) in [7, 11) is 0. The summed E-state index contributed by atoms with van der Waals surface area (Å²) >= 11 is 0. The first-order valence-corrected chi connectivity index (χ1v) is 11.0. The highest BCUT2D eigenvalue weighted by atomic mass is 19.4. The first-order chi connectivity index (χ1) is 16.3. The number of nitrogens with zero attached hydrogens (tertiary/aromatic N) is 1. The van der Waals surface area contributed by atoms with Crippen LogP contribution in [0.2, 0.25) is 0 Å². The van der Waals surface area contributed by atoms with Gasteiger partial charge in [0, 0.05) is 36.7 Å². The molecule has 1 atom stereocenters. The highest BCUT2D eigenvalue weighted by Crippen LogP contribution is 2.40. The second-order valence-corrected chi connectivity index (χ2v) is 8.01. The van der Waals surface area contributed by atoms with Crippen molar-refractivity contribution in [1.29, 1.82) is 0 Å². The number of amides is 1. The Hall–Kier alpha value is -3.33. The molecule has 179 valence electrons. The topological polar surface area (TPSA) is 65.1 Å². The monoisotopic (exact) mass is 474 g/mol. The van der Waals surface area contributed by atoms with Gasteiger partial charge in [0.25, 0.3) is 0 Å². The molecule has 0 spiro atoms. The van der Waals surface area contributed by atoms with E-state index >= 15 is 0 Å². The van der Waals surface area contributed by atoms with Gasteiger partial charge in [-0.2, -0.15) is 18.1 Å². The van der Waals surface area contributed by atoms with Crippen LogP contribution >= 0.6 is 0 Å². The number of carbonyl (C=O) groups excluding carboxylic acids is 2. The molecule has 0 N–H and O–H groups in total. The fourth-order valence-corrected chi connectivity index (χ4v) is 4.14. The average molecular weight is 474 g/mol. The third kappa shape index (κ3) is 5.09. The zero-order valence-electron chi connectivity index (χ0n) is 18.5. The summed E-state index contributed by atoms with van der Waals surface area (Å²) < 4.78 is 46.6. The molecular formula is C25H23F3NO5. The second-order valence-electron chi connectivity index (χ2n) is 8.01. The number of esters is 1. The minimum absolute atomic E-state index is 0.0702. The minimum atomic E-state index is -4.64. The van der Waals surface area contributed by atoms with Crippen molar-refractivity contribution in [3.05, 3.63) is 59.2 Å². The van der Waals surface area contributed by atoms with Crippen LogP contribution in [0.5, 0.6) is 5.75 Å². The Bertz CT molecular complexity index is 1110. The van der Waals surface area contributed by atoms with Crippen LogP contribution in [0.1, 0.15) is 30.0 Å². The van der Waals surface area contributed by atoms with Gasteiger partial charge in [0.2, 0.25) is 5.91 Å². The SMILES string of the molecule is CCOC(=O)C1CCN(C(=O)/C=C/c2cc[c]c(C(F)(F)F)c2-c2ccc3c(c2)CCOO3)C1. The molecule has 4 rings (SSSR count). The fraction of sp³-hybridized carbons (Fsp3) is 0.360. The molecule has 1 fully saturated rings. The molecule has 0 aromatic heterocycles. The quantitative estimate of drug-likeness (QED) is 0.364. The molecule has 0 saturated carbocycles. The maximum atomic E-state index is 13.9. The van der Waals surface area contributed by atoms with Gasteiger partial charge in [-0.25, -0.2) is 0 Å². The third-order valence-corrected chi connectivity index (χ3v) is 5.79. The number of alkyl halides is 3. The Labute approximate surface area is 194 Å². The van der Waals surface area contributed by atoms with Gasteiger partial charge >= 0.3 is 12.1 Å². The van der Waals surface area contributed by atoms with Gasteiger partial charge in [0.1, 0.15) is 0 Å². The lowest BCUT2D eigenvalue weighted by Gasteiger charge is -2.19. The van der Waals surface area contributed by atoms with E-state index in [1.54, 1.807) is 19.1 Å². The van der Waals surface area contributed by atoms with E-state index in [1.165, 1.54) is 35.3 Å². The molecule has 1 saturated heterocycles. The van der Waals surface area contributed by atoms with Gasteiger partial charge in [-0.1, -0.05) is 18.2 Å². The Morgan fingerprint density at radius 3 is 2.88 bits per heavy atom. The molecular weight excluding hydrogens is 451 g/mol. The maximum absolute atomic E-state index is 13.9. The number of benzene rings is 2. The molecule has 2 aromatic carbocycles. The summed E-state index contributed by atoms with van der Waals surface area (Å²) in [4.78, 5) is 36.1. The fourth-order valence-electron chi connectivity index (χ4n) is 4.14. The molecule has 2 aliphatic heterocycles. The van der Waals surface area contributed by atoms with E-state index in [4.69, 9.17) is 14.5 Å².